The largest absolute Gasteiger partial charge is 0.493 e. The molecule has 2 aromatic rings. The van der Waals surface area contributed by atoms with E-state index in [4.69, 9.17) is 9.47 Å². The van der Waals surface area contributed by atoms with Crippen LogP contribution in [0.15, 0.2) is 47.4 Å². The standard InChI is InChI=1S/C24H29FN2O5S/c1-31-22-10-9-21(15-23(22)32-2)33(29,30)26-13-11-18(12-14-26)24(28)27(20-7-8-20)16-17-3-5-19(25)6-4-17/h3-6,9-10,15,18,20H,7-8,11-14,16H2,1-2H3. The smallest absolute Gasteiger partial charge is 0.243 e. The minimum absolute atomic E-state index is 0.0602. The van der Waals surface area contributed by atoms with E-state index in [9.17, 15) is 17.6 Å². The molecule has 1 saturated heterocycles. The molecule has 7 nitrogen and oxygen atoms in total. The van der Waals surface area contributed by atoms with E-state index in [1.54, 1.807) is 18.2 Å². The lowest BCUT2D eigenvalue weighted by Crippen LogP contribution is -2.44. The first kappa shape index (κ1) is 23.5. The highest BCUT2D eigenvalue weighted by molar-refractivity contribution is 7.89. The van der Waals surface area contributed by atoms with Crippen molar-refractivity contribution in [2.24, 2.45) is 5.92 Å². The lowest BCUT2D eigenvalue weighted by Gasteiger charge is -2.34. The summed E-state index contributed by atoms with van der Waals surface area (Å²) < 4.78 is 51.4. The highest BCUT2D eigenvalue weighted by Gasteiger charge is 2.38. The number of nitrogens with zero attached hydrogens (tertiary/aromatic N) is 2. The van der Waals surface area contributed by atoms with Crippen LogP contribution in [0.5, 0.6) is 11.5 Å². The molecule has 1 heterocycles. The van der Waals surface area contributed by atoms with Crippen LogP contribution in [-0.2, 0) is 21.4 Å². The molecule has 0 bridgehead atoms. The van der Waals surface area contributed by atoms with Crippen molar-refractivity contribution in [3.8, 4) is 11.5 Å². The predicted octanol–water partition coefficient (Wildman–Crippen LogP) is 3.43. The van der Waals surface area contributed by atoms with Gasteiger partial charge in [-0.2, -0.15) is 4.31 Å². The number of carbonyl (C=O) groups is 1. The van der Waals surface area contributed by atoms with Gasteiger partial charge in [0.05, 0.1) is 19.1 Å². The van der Waals surface area contributed by atoms with Crippen molar-refractivity contribution < 1.29 is 27.1 Å². The Bertz CT molecular complexity index is 1090. The van der Waals surface area contributed by atoms with Gasteiger partial charge >= 0.3 is 0 Å². The van der Waals surface area contributed by atoms with Crippen LogP contribution in [0.2, 0.25) is 0 Å². The number of halogens is 1. The second-order valence-corrected chi connectivity index (χ2v) is 10.5. The van der Waals surface area contributed by atoms with Gasteiger partial charge in [0.25, 0.3) is 0 Å². The van der Waals surface area contributed by atoms with Crippen LogP contribution in [0.3, 0.4) is 0 Å². The third kappa shape index (κ3) is 5.14. The number of sulfonamides is 1. The maximum absolute atomic E-state index is 13.3. The molecule has 0 atom stereocenters. The topological polar surface area (TPSA) is 76.2 Å². The average molecular weight is 477 g/mol. The van der Waals surface area contributed by atoms with Crippen LogP contribution < -0.4 is 9.47 Å². The monoisotopic (exact) mass is 476 g/mol. The molecule has 1 saturated carbocycles. The Kier molecular flexibility index (Phi) is 6.90. The highest BCUT2D eigenvalue weighted by atomic mass is 32.2. The fourth-order valence-corrected chi connectivity index (χ4v) is 5.75. The Labute approximate surface area is 194 Å². The zero-order valence-corrected chi connectivity index (χ0v) is 19.7. The summed E-state index contributed by atoms with van der Waals surface area (Å²) in [7, 11) is -0.752. The molecule has 1 amide bonds. The van der Waals surface area contributed by atoms with E-state index in [-0.39, 0.29) is 41.7 Å². The lowest BCUT2D eigenvalue weighted by molar-refractivity contribution is -0.138. The molecule has 0 spiro atoms. The maximum Gasteiger partial charge on any atom is 0.243 e. The van der Waals surface area contributed by atoms with E-state index in [1.807, 2.05) is 4.90 Å². The number of piperidine rings is 1. The van der Waals surface area contributed by atoms with Gasteiger partial charge in [0.1, 0.15) is 5.82 Å². The third-order valence-corrected chi connectivity index (χ3v) is 8.23. The molecule has 0 radical (unpaired) electrons. The first-order chi connectivity index (χ1) is 15.8. The normalized spacial score (nSPS) is 17.5. The van der Waals surface area contributed by atoms with E-state index >= 15 is 0 Å². The number of ether oxygens (including phenoxy) is 2. The fourth-order valence-electron chi connectivity index (χ4n) is 4.26. The van der Waals surface area contributed by atoms with Crippen LogP contribution in [0.1, 0.15) is 31.2 Å². The summed E-state index contributed by atoms with van der Waals surface area (Å²) in [4.78, 5) is 15.3. The van der Waals surface area contributed by atoms with Gasteiger partial charge in [-0.3, -0.25) is 4.79 Å². The molecule has 2 aromatic carbocycles. The summed E-state index contributed by atoms with van der Waals surface area (Å²) in [5, 5.41) is 0. The van der Waals surface area contributed by atoms with Gasteiger partial charge in [0.2, 0.25) is 15.9 Å². The zero-order valence-electron chi connectivity index (χ0n) is 18.9. The summed E-state index contributed by atoms with van der Waals surface area (Å²) in [6.45, 7) is 1.01. The number of hydrogen-bond donors (Lipinski definition) is 0. The van der Waals surface area contributed by atoms with Gasteiger partial charge in [-0.1, -0.05) is 12.1 Å². The Morgan fingerprint density at radius 2 is 1.64 bits per heavy atom. The second kappa shape index (κ2) is 9.69. The van der Waals surface area contributed by atoms with Gasteiger partial charge in [0.15, 0.2) is 11.5 Å². The van der Waals surface area contributed by atoms with Gasteiger partial charge in [-0.05, 0) is 55.5 Å². The summed E-state index contributed by atoms with van der Waals surface area (Å²) >= 11 is 0. The van der Waals surface area contributed by atoms with Crippen LogP contribution in [-0.4, -0.2) is 56.9 Å². The van der Waals surface area contributed by atoms with E-state index in [0.29, 0.717) is 30.9 Å². The van der Waals surface area contributed by atoms with E-state index in [0.717, 1.165) is 18.4 Å². The van der Waals surface area contributed by atoms with Crippen molar-refractivity contribution >= 4 is 15.9 Å². The molecule has 0 aromatic heterocycles. The molecular formula is C24H29FN2O5S. The molecular weight excluding hydrogens is 447 g/mol. The number of amides is 1. The average Bonchev–Trinajstić information content (AvgIpc) is 3.68. The number of carbonyl (C=O) groups excluding carboxylic acids is 1. The van der Waals surface area contributed by atoms with Crippen LogP contribution in [0, 0.1) is 11.7 Å². The molecule has 2 fully saturated rings. The minimum Gasteiger partial charge on any atom is -0.493 e. The minimum atomic E-state index is -3.71. The van der Waals surface area contributed by atoms with E-state index < -0.39 is 10.0 Å². The Hall–Kier alpha value is -2.65. The summed E-state index contributed by atoms with van der Waals surface area (Å²) in [6.07, 6.45) is 2.88. The molecule has 1 aliphatic heterocycles. The first-order valence-corrected chi connectivity index (χ1v) is 12.5. The lowest BCUT2D eigenvalue weighted by atomic mass is 9.96. The Balaban J connectivity index is 1.42. The molecule has 2 aliphatic rings. The third-order valence-electron chi connectivity index (χ3n) is 6.33. The molecule has 1 aliphatic carbocycles. The maximum atomic E-state index is 13.3. The molecule has 0 N–H and O–H groups in total. The van der Waals surface area contributed by atoms with Gasteiger partial charge in [0, 0.05) is 37.7 Å². The van der Waals surface area contributed by atoms with Crippen LogP contribution in [0.25, 0.3) is 0 Å². The summed E-state index contributed by atoms with van der Waals surface area (Å²) in [6, 6.07) is 11.0. The van der Waals surface area contributed by atoms with Crippen molar-refractivity contribution in [1.29, 1.82) is 0 Å². The second-order valence-electron chi connectivity index (χ2n) is 8.52. The molecule has 9 heteroatoms. The van der Waals surface area contributed by atoms with Crippen molar-refractivity contribution in [2.75, 3.05) is 27.3 Å². The van der Waals surface area contributed by atoms with Gasteiger partial charge in [-0.25, -0.2) is 12.8 Å². The predicted molar refractivity (Wildman–Crippen MR) is 121 cm³/mol. The van der Waals surface area contributed by atoms with Gasteiger partial charge < -0.3 is 14.4 Å². The zero-order chi connectivity index (χ0) is 23.6. The van der Waals surface area contributed by atoms with E-state index in [2.05, 4.69) is 0 Å². The molecule has 178 valence electrons. The highest BCUT2D eigenvalue weighted by Crippen LogP contribution is 2.34. The number of methoxy groups -OCH3 is 2. The van der Waals surface area contributed by atoms with Crippen molar-refractivity contribution in [1.82, 2.24) is 9.21 Å². The van der Waals surface area contributed by atoms with Gasteiger partial charge in [-0.15, -0.1) is 0 Å². The molecule has 4 rings (SSSR count). The number of hydrogen-bond acceptors (Lipinski definition) is 5. The molecule has 33 heavy (non-hydrogen) atoms. The van der Waals surface area contributed by atoms with Crippen molar-refractivity contribution in [3.05, 3.63) is 53.8 Å². The fraction of sp³-hybridized carbons (Fsp3) is 0.458. The van der Waals surface area contributed by atoms with E-state index in [1.165, 1.54) is 42.8 Å². The summed E-state index contributed by atoms with van der Waals surface area (Å²) in [5.41, 5.74) is 0.894. The van der Waals surface area contributed by atoms with Crippen LogP contribution >= 0.6 is 0 Å². The van der Waals surface area contributed by atoms with Crippen molar-refractivity contribution in [2.45, 2.75) is 43.2 Å². The molecule has 0 unspecified atom stereocenters. The first-order valence-electron chi connectivity index (χ1n) is 11.1. The Morgan fingerprint density at radius 1 is 1.00 bits per heavy atom. The van der Waals surface area contributed by atoms with Crippen LogP contribution in [0.4, 0.5) is 4.39 Å². The Morgan fingerprint density at radius 3 is 2.21 bits per heavy atom. The number of benzene rings is 2. The van der Waals surface area contributed by atoms with Crippen molar-refractivity contribution in [3.63, 3.8) is 0 Å². The summed E-state index contributed by atoms with van der Waals surface area (Å²) in [5.74, 6) is 0.352. The number of rotatable bonds is 8. The quantitative estimate of drug-likeness (QED) is 0.584. The SMILES string of the molecule is COc1ccc(S(=O)(=O)N2CCC(C(=O)N(Cc3ccc(F)cc3)C3CC3)CC2)cc1OC.